The Morgan fingerprint density at radius 3 is 2.63 bits per heavy atom. The van der Waals surface area contributed by atoms with Crippen molar-refractivity contribution in [2.24, 2.45) is 7.05 Å². The lowest BCUT2D eigenvalue weighted by atomic mass is 10.1. The second-order valence-corrected chi connectivity index (χ2v) is 5.41. The smallest absolute Gasteiger partial charge is 0.206 e. The molecule has 2 aromatic rings. The molecule has 2 heterocycles. The van der Waals surface area contributed by atoms with Gasteiger partial charge in [0.15, 0.2) is 0 Å². The van der Waals surface area contributed by atoms with Crippen LogP contribution in [0.15, 0.2) is 12.1 Å². The molecule has 0 unspecified atom stereocenters. The van der Waals surface area contributed by atoms with Crippen LogP contribution in [0, 0.1) is 0 Å². The van der Waals surface area contributed by atoms with Crippen LogP contribution in [-0.2, 0) is 13.5 Å². The van der Waals surface area contributed by atoms with Gasteiger partial charge in [-0.15, -0.1) is 0 Å². The van der Waals surface area contributed by atoms with Gasteiger partial charge < -0.3 is 15.2 Å². The monoisotopic (exact) mass is 258 g/mol. The number of nitrogen functional groups attached to an aromatic ring is 1. The molecule has 102 valence electrons. The first kappa shape index (κ1) is 12.3. The number of benzene rings is 1. The molecule has 0 bridgehead atoms. The first-order chi connectivity index (χ1) is 9.20. The second-order valence-electron chi connectivity index (χ2n) is 5.41. The van der Waals surface area contributed by atoms with Crippen LogP contribution in [0.2, 0.25) is 0 Å². The van der Waals surface area contributed by atoms with Crippen molar-refractivity contribution >= 4 is 22.7 Å². The largest absolute Gasteiger partial charge is 0.398 e. The van der Waals surface area contributed by atoms with Crippen molar-refractivity contribution in [3.05, 3.63) is 17.7 Å². The third-order valence-electron chi connectivity index (χ3n) is 4.14. The summed E-state index contributed by atoms with van der Waals surface area (Å²) in [5, 5.41) is 0. The van der Waals surface area contributed by atoms with Crippen molar-refractivity contribution in [2.45, 2.75) is 32.6 Å². The predicted octanol–water partition coefficient (Wildman–Crippen LogP) is 2.71. The Labute approximate surface area is 114 Å². The van der Waals surface area contributed by atoms with Crippen molar-refractivity contribution in [3.63, 3.8) is 0 Å². The third-order valence-corrected chi connectivity index (χ3v) is 4.14. The van der Waals surface area contributed by atoms with Crippen LogP contribution in [-0.4, -0.2) is 22.6 Å². The van der Waals surface area contributed by atoms with Gasteiger partial charge in [-0.3, -0.25) is 0 Å². The van der Waals surface area contributed by atoms with Crippen LogP contribution in [0.5, 0.6) is 0 Å². The van der Waals surface area contributed by atoms with E-state index in [0.717, 1.165) is 36.7 Å². The lowest BCUT2D eigenvalue weighted by Crippen LogP contribution is -2.31. The summed E-state index contributed by atoms with van der Waals surface area (Å²) < 4.78 is 2.21. The number of nitrogens with two attached hydrogens (primary N) is 1. The molecular weight excluding hydrogens is 236 g/mol. The molecule has 4 heteroatoms. The fourth-order valence-electron chi connectivity index (χ4n) is 2.97. The molecule has 4 nitrogen and oxygen atoms in total. The fraction of sp³-hybridized carbons (Fsp3) is 0.533. The molecule has 1 aliphatic heterocycles. The van der Waals surface area contributed by atoms with E-state index in [4.69, 9.17) is 10.7 Å². The Morgan fingerprint density at radius 2 is 1.95 bits per heavy atom. The Balaban J connectivity index is 2.08. The number of aromatic nitrogens is 2. The number of anilines is 2. The van der Waals surface area contributed by atoms with Crippen molar-refractivity contribution in [2.75, 3.05) is 23.7 Å². The summed E-state index contributed by atoms with van der Waals surface area (Å²) in [6, 6.07) is 4.20. The minimum absolute atomic E-state index is 0.860. The average molecular weight is 258 g/mol. The molecule has 1 aromatic heterocycles. The van der Waals surface area contributed by atoms with Crippen LogP contribution < -0.4 is 10.6 Å². The van der Waals surface area contributed by atoms with Crippen molar-refractivity contribution in [3.8, 4) is 0 Å². The van der Waals surface area contributed by atoms with Gasteiger partial charge >= 0.3 is 0 Å². The Bertz CT molecular complexity index is 594. The van der Waals surface area contributed by atoms with Crippen molar-refractivity contribution in [1.82, 2.24) is 9.55 Å². The number of imidazole rings is 1. The molecule has 0 spiro atoms. The maximum Gasteiger partial charge on any atom is 0.206 e. The SMILES string of the molecule is CCc1cc2c(cc1N)nc(N1CCCCC1)n2C. The van der Waals surface area contributed by atoms with E-state index < -0.39 is 0 Å². The highest BCUT2D eigenvalue weighted by Gasteiger charge is 2.18. The summed E-state index contributed by atoms with van der Waals surface area (Å²) in [5.74, 6) is 1.09. The minimum Gasteiger partial charge on any atom is -0.398 e. The first-order valence-corrected chi connectivity index (χ1v) is 7.20. The van der Waals surface area contributed by atoms with Crippen LogP contribution in [0.25, 0.3) is 11.0 Å². The normalized spacial score (nSPS) is 16.2. The molecule has 0 saturated carbocycles. The molecule has 1 fully saturated rings. The number of piperidine rings is 1. The van der Waals surface area contributed by atoms with Gasteiger partial charge in [-0.1, -0.05) is 6.92 Å². The minimum atomic E-state index is 0.860. The van der Waals surface area contributed by atoms with E-state index in [9.17, 15) is 0 Å². The van der Waals surface area contributed by atoms with E-state index in [1.807, 2.05) is 6.07 Å². The molecule has 3 rings (SSSR count). The topological polar surface area (TPSA) is 47.1 Å². The molecular formula is C15H22N4. The molecule has 1 aromatic carbocycles. The lowest BCUT2D eigenvalue weighted by molar-refractivity contribution is 0.563. The molecule has 1 aliphatic rings. The quantitative estimate of drug-likeness (QED) is 0.842. The van der Waals surface area contributed by atoms with Gasteiger partial charge in [0.1, 0.15) is 0 Å². The number of nitrogens with zero attached hydrogens (tertiary/aromatic N) is 3. The zero-order chi connectivity index (χ0) is 13.4. The maximum absolute atomic E-state index is 6.07. The van der Waals surface area contributed by atoms with E-state index in [-0.39, 0.29) is 0 Å². The van der Waals surface area contributed by atoms with E-state index in [1.54, 1.807) is 0 Å². The zero-order valence-corrected chi connectivity index (χ0v) is 11.8. The molecule has 1 saturated heterocycles. The van der Waals surface area contributed by atoms with Crippen LogP contribution in [0.3, 0.4) is 0 Å². The van der Waals surface area contributed by atoms with E-state index >= 15 is 0 Å². The van der Waals surface area contributed by atoms with Gasteiger partial charge in [-0.2, -0.15) is 0 Å². The van der Waals surface area contributed by atoms with Crippen LogP contribution in [0.4, 0.5) is 11.6 Å². The van der Waals surface area contributed by atoms with Crippen molar-refractivity contribution in [1.29, 1.82) is 0 Å². The summed E-state index contributed by atoms with van der Waals surface area (Å²) in [4.78, 5) is 7.18. The van der Waals surface area contributed by atoms with E-state index in [1.165, 1.54) is 30.3 Å². The number of hydrogen-bond donors (Lipinski definition) is 1. The van der Waals surface area contributed by atoms with Crippen LogP contribution in [0.1, 0.15) is 31.7 Å². The first-order valence-electron chi connectivity index (χ1n) is 7.20. The van der Waals surface area contributed by atoms with E-state index in [2.05, 4.69) is 29.5 Å². The third kappa shape index (κ3) is 2.05. The Hall–Kier alpha value is -1.71. The van der Waals surface area contributed by atoms with Gasteiger partial charge in [0, 0.05) is 25.8 Å². The summed E-state index contributed by atoms with van der Waals surface area (Å²) in [5.41, 5.74) is 10.3. The highest BCUT2D eigenvalue weighted by molar-refractivity contribution is 5.83. The molecule has 0 atom stereocenters. The molecule has 0 aliphatic carbocycles. The fourth-order valence-corrected chi connectivity index (χ4v) is 2.97. The number of fused-ring (bicyclic) bond motifs is 1. The van der Waals surface area contributed by atoms with Crippen molar-refractivity contribution < 1.29 is 0 Å². The number of hydrogen-bond acceptors (Lipinski definition) is 3. The highest BCUT2D eigenvalue weighted by atomic mass is 15.3. The van der Waals surface area contributed by atoms with Gasteiger partial charge in [0.25, 0.3) is 0 Å². The van der Waals surface area contributed by atoms with Gasteiger partial charge in [0.2, 0.25) is 5.95 Å². The molecule has 0 amide bonds. The summed E-state index contributed by atoms with van der Waals surface area (Å²) in [6.45, 7) is 4.38. The number of rotatable bonds is 2. The Kier molecular flexibility index (Phi) is 3.09. The summed E-state index contributed by atoms with van der Waals surface area (Å²) >= 11 is 0. The lowest BCUT2D eigenvalue weighted by Gasteiger charge is -2.27. The summed E-state index contributed by atoms with van der Waals surface area (Å²) in [6.07, 6.45) is 4.84. The average Bonchev–Trinajstić information content (AvgIpc) is 2.75. The molecule has 0 radical (unpaired) electrons. The van der Waals surface area contributed by atoms with Crippen LogP contribution >= 0.6 is 0 Å². The standard InChI is InChI=1S/C15H22N4/c1-3-11-9-14-13(10-12(11)16)17-15(18(14)2)19-7-5-4-6-8-19/h9-10H,3-8,16H2,1-2H3. The molecule has 19 heavy (non-hydrogen) atoms. The van der Waals surface area contributed by atoms with Gasteiger partial charge in [-0.25, -0.2) is 4.98 Å². The molecule has 2 N–H and O–H groups in total. The highest BCUT2D eigenvalue weighted by Crippen LogP contribution is 2.27. The summed E-state index contributed by atoms with van der Waals surface area (Å²) in [7, 11) is 2.11. The zero-order valence-electron chi connectivity index (χ0n) is 11.8. The number of aryl methyl sites for hydroxylation is 2. The van der Waals surface area contributed by atoms with Gasteiger partial charge in [0.05, 0.1) is 11.0 Å². The van der Waals surface area contributed by atoms with E-state index in [0.29, 0.717) is 0 Å². The van der Waals surface area contributed by atoms with Gasteiger partial charge in [-0.05, 0) is 43.4 Å². The maximum atomic E-state index is 6.07. The Morgan fingerprint density at radius 1 is 1.21 bits per heavy atom. The second kappa shape index (κ2) is 4.76. The predicted molar refractivity (Wildman–Crippen MR) is 80.6 cm³/mol.